The van der Waals surface area contributed by atoms with Crippen LogP contribution in [0, 0.1) is 5.41 Å². The molecule has 0 aromatic heterocycles. The largest absolute Gasteiger partial charge is 0.481 e. The Morgan fingerprint density at radius 2 is 1.43 bits per heavy atom. The third-order valence-corrected chi connectivity index (χ3v) is 3.80. The molecule has 118 valence electrons. The summed E-state index contributed by atoms with van der Waals surface area (Å²) < 4.78 is 0. The van der Waals surface area contributed by atoms with Crippen molar-refractivity contribution in [2.24, 2.45) is 16.9 Å². The normalized spacial score (nSPS) is 17.0. The fourth-order valence-corrected chi connectivity index (χ4v) is 2.70. The van der Waals surface area contributed by atoms with Crippen LogP contribution in [0.1, 0.15) is 38.5 Å². The van der Waals surface area contributed by atoms with Gasteiger partial charge < -0.3 is 21.5 Å². The third-order valence-electron chi connectivity index (χ3n) is 3.80. The van der Waals surface area contributed by atoms with Crippen LogP contribution in [0.25, 0.3) is 0 Å². The number of carboxylic acids is 1. The van der Waals surface area contributed by atoms with Crippen LogP contribution in [0.5, 0.6) is 0 Å². The second kappa shape index (κ2) is 7.05. The molecule has 8 heteroatoms. The van der Waals surface area contributed by atoms with Gasteiger partial charge in [-0.05, 0) is 12.8 Å². The predicted octanol–water partition coefficient (Wildman–Crippen LogP) is -0.789. The molecule has 5 N–H and O–H groups in total. The van der Waals surface area contributed by atoms with Crippen molar-refractivity contribution in [1.29, 1.82) is 0 Å². The van der Waals surface area contributed by atoms with E-state index >= 15 is 0 Å². The molecule has 1 aliphatic carbocycles. The molecule has 8 nitrogen and oxygen atoms in total. The Balaban J connectivity index is 2.84. The summed E-state index contributed by atoms with van der Waals surface area (Å²) in [6, 6.07) is 0. The van der Waals surface area contributed by atoms with Gasteiger partial charge in [-0.3, -0.25) is 19.2 Å². The molecule has 0 aromatic rings. The highest BCUT2D eigenvalue weighted by Crippen LogP contribution is 2.40. The average Bonchev–Trinajstić information content (AvgIpc) is 2.37. The monoisotopic (exact) mass is 299 g/mol. The molecule has 1 saturated carbocycles. The number of amides is 3. The van der Waals surface area contributed by atoms with E-state index in [9.17, 15) is 24.3 Å². The minimum absolute atomic E-state index is 0.247. The van der Waals surface area contributed by atoms with Gasteiger partial charge in [0.1, 0.15) is 0 Å². The second-order valence-corrected chi connectivity index (χ2v) is 5.51. The fraction of sp³-hybridized carbons (Fsp3) is 0.692. The molecular formula is C13H21N3O5. The number of carbonyl (C=O) groups is 4. The maximum atomic E-state index is 12.2. The van der Waals surface area contributed by atoms with Crippen molar-refractivity contribution in [3.8, 4) is 0 Å². The first-order valence-corrected chi connectivity index (χ1v) is 6.84. The minimum Gasteiger partial charge on any atom is -0.481 e. The van der Waals surface area contributed by atoms with Crippen LogP contribution in [-0.4, -0.2) is 46.8 Å². The van der Waals surface area contributed by atoms with Crippen LogP contribution < -0.4 is 11.5 Å². The van der Waals surface area contributed by atoms with E-state index in [1.54, 1.807) is 0 Å². The number of aliphatic carboxylic acids is 1. The summed E-state index contributed by atoms with van der Waals surface area (Å²) in [6.45, 7) is -0.894. The Bertz CT molecular complexity index is 427. The lowest BCUT2D eigenvalue weighted by atomic mass is 9.71. The molecule has 21 heavy (non-hydrogen) atoms. The first kappa shape index (κ1) is 16.9. The lowest BCUT2D eigenvalue weighted by molar-refractivity contribution is -0.156. The zero-order valence-electron chi connectivity index (χ0n) is 11.8. The van der Waals surface area contributed by atoms with E-state index in [0.29, 0.717) is 12.8 Å². The van der Waals surface area contributed by atoms with Crippen molar-refractivity contribution < 1.29 is 24.3 Å². The molecule has 3 amide bonds. The summed E-state index contributed by atoms with van der Waals surface area (Å²) in [7, 11) is 0. The summed E-state index contributed by atoms with van der Waals surface area (Å²) in [5.74, 6) is -3.17. The Morgan fingerprint density at radius 3 is 1.81 bits per heavy atom. The minimum atomic E-state index is -1.12. The lowest BCUT2D eigenvalue weighted by Gasteiger charge is -2.34. The van der Waals surface area contributed by atoms with Crippen LogP contribution in [0.4, 0.5) is 0 Å². The smallest absolute Gasteiger partial charge is 0.310 e. The molecule has 0 aliphatic heterocycles. The maximum absolute atomic E-state index is 12.2. The van der Waals surface area contributed by atoms with Crippen LogP contribution in [0.2, 0.25) is 0 Å². The molecule has 1 fully saturated rings. The van der Waals surface area contributed by atoms with Crippen LogP contribution in [0.3, 0.4) is 0 Å². The quantitative estimate of drug-likeness (QED) is 0.564. The average molecular weight is 299 g/mol. The topological polar surface area (TPSA) is 144 Å². The number of primary amides is 2. The number of nitrogens with zero attached hydrogens (tertiary/aromatic N) is 1. The van der Waals surface area contributed by atoms with Crippen molar-refractivity contribution in [3.63, 3.8) is 0 Å². The maximum Gasteiger partial charge on any atom is 0.310 e. The van der Waals surface area contributed by atoms with E-state index in [1.165, 1.54) is 0 Å². The highest BCUT2D eigenvalue weighted by molar-refractivity contribution is 5.90. The molecule has 0 saturated heterocycles. The van der Waals surface area contributed by atoms with Gasteiger partial charge in [0.15, 0.2) is 0 Å². The van der Waals surface area contributed by atoms with Crippen molar-refractivity contribution in [3.05, 3.63) is 0 Å². The summed E-state index contributed by atoms with van der Waals surface area (Å²) in [5.41, 5.74) is 8.94. The van der Waals surface area contributed by atoms with Crippen molar-refractivity contribution in [1.82, 2.24) is 4.90 Å². The third kappa shape index (κ3) is 4.73. The Morgan fingerprint density at radius 1 is 0.952 bits per heavy atom. The highest BCUT2D eigenvalue weighted by atomic mass is 16.4. The van der Waals surface area contributed by atoms with Crippen molar-refractivity contribution in [2.45, 2.75) is 38.5 Å². The number of carboxylic acid groups (broad SMARTS) is 1. The first-order valence-electron chi connectivity index (χ1n) is 6.84. The van der Waals surface area contributed by atoms with Gasteiger partial charge in [0.05, 0.1) is 18.5 Å². The lowest BCUT2D eigenvalue weighted by Crippen LogP contribution is -2.46. The summed E-state index contributed by atoms with van der Waals surface area (Å²) in [5, 5.41) is 9.43. The van der Waals surface area contributed by atoms with Gasteiger partial charge in [-0.25, -0.2) is 0 Å². The van der Waals surface area contributed by atoms with Crippen LogP contribution >= 0.6 is 0 Å². The van der Waals surface area contributed by atoms with Gasteiger partial charge in [0.2, 0.25) is 17.7 Å². The van der Waals surface area contributed by atoms with Crippen LogP contribution in [-0.2, 0) is 19.2 Å². The van der Waals surface area contributed by atoms with Crippen molar-refractivity contribution in [2.75, 3.05) is 13.1 Å². The molecule has 0 spiro atoms. The van der Waals surface area contributed by atoms with Gasteiger partial charge in [-0.15, -0.1) is 0 Å². The van der Waals surface area contributed by atoms with E-state index in [0.717, 1.165) is 24.2 Å². The van der Waals surface area contributed by atoms with Gasteiger partial charge in [0, 0.05) is 6.42 Å². The van der Waals surface area contributed by atoms with E-state index < -0.39 is 42.2 Å². The number of carbonyl (C=O) groups excluding carboxylic acids is 3. The Labute approximate surface area is 122 Å². The molecule has 0 aromatic carbocycles. The molecule has 0 unspecified atom stereocenters. The van der Waals surface area contributed by atoms with Crippen LogP contribution in [0.15, 0.2) is 0 Å². The fourth-order valence-electron chi connectivity index (χ4n) is 2.70. The second-order valence-electron chi connectivity index (χ2n) is 5.51. The van der Waals surface area contributed by atoms with Gasteiger partial charge >= 0.3 is 5.97 Å². The summed E-state index contributed by atoms with van der Waals surface area (Å²) in [6.07, 6.45) is 3.00. The Kier molecular flexibility index (Phi) is 5.69. The zero-order chi connectivity index (χ0) is 16.0. The van der Waals surface area contributed by atoms with Gasteiger partial charge in [-0.2, -0.15) is 0 Å². The summed E-state index contributed by atoms with van der Waals surface area (Å²) >= 11 is 0. The molecule has 0 heterocycles. The highest BCUT2D eigenvalue weighted by Gasteiger charge is 2.42. The SMILES string of the molecule is NC(=O)CN(CC(N)=O)C(=O)CC1(C(=O)O)CCCCC1. The predicted molar refractivity (Wildman–Crippen MR) is 72.7 cm³/mol. The molecular weight excluding hydrogens is 278 g/mol. The molecule has 0 bridgehead atoms. The van der Waals surface area contributed by atoms with Crippen molar-refractivity contribution >= 4 is 23.7 Å². The zero-order valence-corrected chi connectivity index (χ0v) is 11.8. The number of nitrogens with two attached hydrogens (primary N) is 2. The summed E-state index contributed by atoms with van der Waals surface area (Å²) in [4.78, 5) is 46.6. The first-order chi connectivity index (χ1) is 9.77. The number of rotatable bonds is 7. The van der Waals surface area contributed by atoms with E-state index in [1.807, 2.05) is 0 Å². The standard InChI is InChI=1S/C13H21N3O5/c14-9(17)7-16(8-10(15)18)11(19)6-13(12(20)21)4-2-1-3-5-13/h1-8H2,(H2,14,17)(H2,15,18)(H,20,21). The molecule has 0 radical (unpaired) electrons. The molecule has 1 aliphatic rings. The van der Waals surface area contributed by atoms with E-state index in [-0.39, 0.29) is 6.42 Å². The van der Waals surface area contributed by atoms with E-state index in [4.69, 9.17) is 11.5 Å². The Hall–Kier alpha value is -2.12. The molecule has 1 rings (SSSR count). The number of hydrogen-bond donors (Lipinski definition) is 3. The number of hydrogen-bond acceptors (Lipinski definition) is 4. The van der Waals surface area contributed by atoms with Gasteiger partial charge in [-0.1, -0.05) is 19.3 Å². The molecule has 0 atom stereocenters. The van der Waals surface area contributed by atoms with E-state index in [2.05, 4.69) is 0 Å². The van der Waals surface area contributed by atoms with Gasteiger partial charge in [0.25, 0.3) is 0 Å².